The summed E-state index contributed by atoms with van der Waals surface area (Å²) in [6.45, 7) is 2.30. The maximum absolute atomic E-state index is 12.8. The molecule has 2 aromatic heterocycles. The van der Waals surface area contributed by atoms with Crippen LogP contribution in [0.25, 0.3) is 16.9 Å². The van der Waals surface area contributed by atoms with E-state index in [-0.39, 0.29) is 23.8 Å². The summed E-state index contributed by atoms with van der Waals surface area (Å²) in [5.74, 6) is -0.264. The van der Waals surface area contributed by atoms with Gasteiger partial charge in [0.25, 0.3) is 0 Å². The number of aromatic nitrogens is 3. The fraction of sp³-hybridized carbons (Fsp3) is 0.235. The van der Waals surface area contributed by atoms with E-state index in [0.29, 0.717) is 29.0 Å². The van der Waals surface area contributed by atoms with E-state index in [0.717, 1.165) is 0 Å². The maximum atomic E-state index is 12.8. The number of aryl methyl sites for hydroxylation is 1. The molecule has 0 fully saturated rings. The highest BCUT2D eigenvalue weighted by Crippen LogP contribution is 2.21. The third kappa shape index (κ3) is 2.54. The third-order valence-electron chi connectivity index (χ3n) is 3.88. The van der Waals surface area contributed by atoms with Gasteiger partial charge in [0.2, 0.25) is 0 Å². The maximum Gasteiger partial charge on any atom is 0.334 e. The lowest BCUT2D eigenvalue weighted by Gasteiger charge is -2.05. The Labute approximate surface area is 137 Å². The molecule has 0 unspecified atom stereocenters. The Bertz CT molecular complexity index is 954. The quantitative estimate of drug-likeness (QED) is 0.736. The molecule has 7 heteroatoms. The van der Waals surface area contributed by atoms with E-state index in [2.05, 4.69) is 4.98 Å². The number of hydrogen-bond donors (Lipinski definition) is 1. The zero-order valence-corrected chi connectivity index (χ0v) is 13.4. The van der Waals surface area contributed by atoms with Crippen LogP contribution < -0.4 is 5.69 Å². The van der Waals surface area contributed by atoms with Crippen molar-refractivity contribution < 1.29 is 14.6 Å². The lowest BCUT2D eigenvalue weighted by atomic mass is 10.1. The first-order valence-electron chi connectivity index (χ1n) is 7.52. The monoisotopic (exact) mass is 327 g/mol. The summed E-state index contributed by atoms with van der Waals surface area (Å²) in [6.07, 6.45) is 1.63. The van der Waals surface area contributed by atoms with E-state index in [1.54, 1.807) is 29.0 Å². The van der Waals surface area contributed by atoms with Crippen LogP contribution in [0.5, 0.6) is 5.75 Å². The van der Waals surface area contributed by atoms with Gasteiger partial charge in [-0.15, -0.1) is 0 Å². The number of nitrogens with zero attached hydrogens (tertiary/aromatic N) is 3. The van der Waals surface area contributed by atoms with Crippen molar-refractivity contribution in [3.8, 4) is 11.4 Å². The summed E-state index contributed by atoms with van der Waals surface area (Å²) < 4.78 is 7.78. The molecule has 1 aromatic carbocycles. The molecule has 3 rings (SSSR count). The summed E-state index contributed by atoms with van der Waals surface area (Å²) >= 11 is 0. The highest BCUT2D eigenvalue weighted by atomic mass is 16.5. The van der Waals surface area contributed by atoms with Gasteiger partial charge in [-0.25, -0.2) is 14.3 Å². The molecule has 0 aliphatic heterocycles. The second-order valence-corrected chi connectivity index (χ2v) is 5.27. The van der Waals surface area contributed by atoms with Crippen LogP contribution >= 0.6 is 0 Å². The summed E-state index contributed by atoms with van der Waals surface area (Å²) in [6, 6.07) is 8.02. The number of phenolic OH excluding ortho intramolecular Hbond substituents is 1. The molecule has 0 amide bonds. The van der Waals surface area contributed by atoms with Crippen LogP contribution in [-0.2, 0) is 22.5 Å². The van der Waals surface area contributed by atoms with Gasteiger partial charge in [0, 0.05) is 12.7 Å². The van der Waals surface area contributed by atoms with E-state index in [4.69, 9.17) is 4.74 Å². The van der Waals surface area contributed by atoms with Gasteiger partial charge < -0.3 is 9.84 Å². The highest BCUT2D eigenvalue weighted by Gasteiger charge is 2.19. The minimum Gasteiger partial charge on any atom is -0.508 e. The van der Waals surface area contributed by atoms with Crippen LogP contribution in [0.4, 0.5) is 0 Å². The zero-order chi connectivity index (χ0) is 17.3. The Morgan fingerprint density at radius 3 is 2.58 bits per heavy atom. The number of carbonyl (C=O) groups is 1. The van der Waals surface area contributed by atoms with Gasteiger partial charge in [-0.1, -0.05) is 0 Å². The molecule has 7 nitrogen and oxygen atoms in total. The number of aromatic hydroxyl groups is 1. The number of phenols is 1. The third-order valence-corrected chi connectivity index (χ3v) is 3.88. The fourth-order valence-corrected chi connectivity index (χ4v) is 2.74. The number of ether oxygens (including phenoxy) is 1. The number of pyridine rings is 1. The fourth-order valence-electron chi connectivity index (χ4n) is 2.74. The van der Waals surface area contributed by atoms with Crippen LogP contribution in [-0.4, -0.2) is 32.3 Å². The molecule has 0 radical (unpaired) electrons. The van der Waals surface area contributed by atoms with Gasteiger partial charge in [-0.2, -0.15) is 0 Å². The minimum absolute atomic E-state index is 0.0640. The Balaban J connectivity index is 2.30. The average Bonchev–Trinajstić information content (AvgIpc) is 2.88. The Morgan fingerprint density at radius 2 is 1.96 bits per heavy atom. The lowest BCUT2D eigenvalue weighted by molar-refractivity contribution is -0.139. The molecule has 0 spiro atoms. The number of methoxy groups -OCH3 is 1. The van der Waals surface area contributed by atoms with Crippen molar-refractivity contribution in [1.82, 2.24) is 14.1 Å². The molecule has 24 heavy (non-hydrogen) atoms. The number of rotatable bonds is 4. The van der Waals surface area contributed by atoms with Crippen molar-refractivity contribution in [2.75, 3.05) is 7.11 Å². The van der Waals surface area contributed by atoms with Crippen LogP contribution in [0.1, 0.15) is 12.5 Å². The molecular weight excluding hydrogens is 310 g/mol. The van der Waals surface area contributed by atoms with Gasteiger partial charge in [-0.3, -0.25) is 9.36 Å². The van der Waals surface area contributed by atoms with Crippen LogP contribution in [0.15, 0.2) is 41.3 Å². The predicted octanol–water partition coefficient (Wildman–Crippen LogP) is 1.63. The predicted molar refractivity (Wildman–Crippen MR) is 88.4 cm³/mol. The normalized spacial score (nSPS) is 10.9. The SMILES string of the molecule is CCn1c(=O)n(-c2ccc(O)cc2)c2nccc(CC(=O)OC)c21. The average molecular weight is 327 g/mol. The largest absolute Gasteiger partial charge is 0.508 e. The number of carbonyl (C=O) groups excluding carboxylic acids is 1. The van der Waals surface area contributed by atoms with Crippen molar-refractivity contribution in [2.45, 2.75) is 19.9 Å². The molecule has 0 saturated carbocycles. The Morgan fingerprint density at radius 1 is 1.25 bits per heavy atom. The van der Waals surface area contributed by atoms with Crippen molar-refractivity contribution in [1.29, 1.82) is 0 Å². The van der Waals surface area contributed by atoms with Crippen molar-refractivity contribution in [3.63, 3.8) is 0 Å². The van der Waals surface area contributed by atoms with Gasteiger partial charge in [0.1, 0.15) is 5.75 Å². The second-order valence-electron chi connectivity index (χ2n) is 5.27. The molecule has 0 atom stereocenters. The molecular formula is C17H17N3O4. The number of imidazole rings is 1. The van der Waals surface area contributed by atoms with E-state index in [1.807, 2.05) is 6.92 Å². The molecule has 0 saturated heterocycles. The number of esters is 1. The first kappa shape index (κ1) is 15.8. The van der Waals surface area contributed by atoms with Gasteiger partial charge in [-0.05, 0) is 42.8 Å². The summed E-state index contributed by atoms with van der Waals surface area (Å²) in [7, 11) is 1.33. The number of fused-ring (bicyclic) bond motifs is 1. The lowest BCUT2D eigenvalue weighted by Crippen LogP contribution is -2.22. The van der Waals surface area contributed by atoms with Crippen LogP contribution in [0.3, 0.4) is 0 Å². The van der Waals surface area contributed by atoms with E-state index < -0.39 is 0 Å². The molecule has 1 N–H and O–H groups in total. The topological polar surface area (TPSA) is 86.4 Å². The molecule has 0 aliphatic carbocycles. The standard InChI is InChI=1S/C17H17N3O4/c1-3-19-15-11(10-14(22)24-2)8-9-18-16(15)20(17(19)23)12-4-6-13(21)7-5-12/h4-9,21H,3,10H2,1-2H3. The smallest absolute Gasteiger partial charge is 0.334 e. The first-order valence-corrected chi connectivity index (χ1v) is 7.52. The molecule has 0 bridgehead atoms. The van der Waals surface area contributed by atoms with E-state index in [9.17, 15) is 14.7 Å². The van der Waals surface area contributed by atoms with Gasteiger partial charge in [0.05, 0.1) is 24.7 Å². The molecule has 124 valence electrons. The Kier molecular flexibility index (Phi) is 4.07. The number of benzene rings is 1. The van der Waals surface area contributed by atoms with Gasteiger partial charge in [0.15, 0.2) is 5.65 Å². The van der Waals surface area contributed by atoms with Gasteiger partial charge >= 0.3 is 11.7 Å². The van der Waals surface area contributed by atoms with Crippen molar-refractivity contribution >= 4 is 17.1 Å². The van der Waals surface area contributed by atoms with Crippen LogP contribution in [0, 0.1) is 0 Å². The summed E-state index contributed by atoms with van der Waals surface area (Å²) in [4.78, 5) is 28.8. The summed E-state index contributed by atoms with van der Waals surface area (Å²) in [5.41, 5.74) is 2.11. The van der Waals surface area contributed by atoms with E-state index >= 15 is 0 Å². The minimum atomic E-state index is -0.380. The number of hydrogen-bond acceptors (Lipinski definition) is 5. The highest BCUT2D eigenvalue weighted by molar-refractivity contribution is 5.83. The Hall–Kier alpha value is -3.09. The van der Waals surface area contributed by atoms with E-state index in [1.165, 1.54) is 23.8 Å². The second kappa shape index (κ2) is 6.19. The van der Waals surface area contributed by atoms with Crippen LogP contribution in [0.2, 0.25) is 0 Å². The zero-order valence-electron chi connectivity index (χ0n) is 13.4. The first-order chi connectivity index (χ1) is 11.6. The molecule has 2 heterocycles. The molecule has 0 aliphatic rings. The van der Waals surface area contributed by atoms with Crippen molar-refractivity contribution in [3.05, 3.63) is 52.6 Å². The summed E-state index contributed by atoms with van der Waals surface area (Å²) in [5, 5.41) is 9.45. The molecule has 3 aromatic rings. The van der Waals surface area contributed by atoms with Crippen molar-refractivity contribution in [2.24, 2.45) is 0 Å².